The van der Waals surface area contributed by atoms with Crippen molar-refractivity contribution in [1.82, 2.24) is 9.80 Å². The highest BCUT2D eigenvalue weighted by Gasteiger charge is 2.36. The lowest BCUT2D eigenvalue weighted by Crippen LogP contribution is -2.51. The number of likely N-dealkylation sites (tertiary alicyclic amines) is 2. The number of thiophene rings is 1. The van der Waals surface area contributed by atoms with Crippen LogP contribution < -0.4 is 5.73 Å². The minimum absolute atomic E-state index is 0.105. The first-order valence-electron chi connectivity index (χ1n) is 8.52. The molecular weight excluding hydrogens is 310 g/mol. The summed E-state index contributed by atoms with van der Waals surface area (Å²) in [6, 6.07) is 2.33. The molecule has 2 amide bonds. The van der Waals surface area contributed by atoms with E-state index < -0.39 is 0 Å². The van der Waals surface area contributed by atoms with Gasteiger partial charge in [0.15, 0.2) is 0 Å². The number of nitrogens with zero attached hydrogens (tertiary/aromatic N) is 2. The van der Waals surface area contributed by atoms with E-state index in [1.807, 2.05) is 16.3 Å². The second kappa shape index (κ2) is 7.01. The largest absolute Gasteiger partial charge is 0.368 e. The summed E-state index contributed by atoms with van der Waals surface area (Å²) in [5, 5.41) is 2.00. The number of carbonyl (C=O) groups is 2. The first-order chi connectivity index (χ1) is 11.1. The highest BCUT2D eigenvalue weighted by molar-refractivity contribution is 7.12. The van der Waals surface area contributed by atoms with Gasteiger partial charge in [-0.1, -0.05) is 6.92 Å². The van der Waals surface area contributed by atoms with Gasteiger partial charge in [-0.05, 0) is 55.7 Å². The Morgan fingerprint density at radius 3 is 2.65 bits per heavy atom. The molecule has 2 saturated heterocycles. The number of rotatable bonds is 4. The molecule has 0 bridgehead atoms. The van der Waals surface area contributed by atoms with E-state index in [4.69, 9.17) is 5.73 Å². The van der Waals surface area contributed by atoms with Crippen LogP contribution in [0.2, 0.25) is 0 Å². The van der Waals surface area contributed by atoms with Gasteiger partial charge in [-0.15, -0.1) is 11.3 Å². The van der Waals surface area contributed by atoms with Gasteiger partial charge in [0, 0.05) is 19.1 Å². The Hall–Kier alpha value is -1.40. The molecular formula is C17H25N3O2S. The minimum Gasteiger partial charge on any atom is -0.368 e. The SMILES string of the molecule is CCc1ccsc1C(=O)N1CCC(N2CCC[C@@H]2C(N)=O)CC1. The highest BCUT2D eigenvalue weighted by atomic mass is 32.1. The smallest absolute Gasteiger partial charge is 0.264 e. The van der Waals surface area contributed by atoms with E-state index >= 15 is 0 Å². The Morgan fingerprint density at radius 1 is 1.26 bits per heavy atom. The van der Waals surface area contributed by atoms with Crippen LogP contribution in [0.4, 0.5) is 0 Å². The summed E-state index contributed by atoms with van der Waals surface area (Å²) < 4.78 is 0. The Kier molecular flexibility index (Phi) is 5.02. The molecule has 2 N–H and O–H groups in total. The van der Waals surface area contributed by atoms with Crippen molar-refractivity contribution < 1.29 is 9.59 Å². The van der Waals surface area contributed by atoms with E-state index in [1.54, 1.807) is 11.3 Å². The fourth-order valence-corrected chi connectivity index (χ4v) is 4.84. The van der Waals surface area contributed by atoms with Crippen molar-refractivity contribution in [3.63, 3.8) is 0 Å². The molecule has 2 aliphatic heterocycles. The molecule has 2 aliphatic rings. The highest BCUT2D eigenvalue weighted by Crippen LogP contribution is 2.27. The molecule has 0 aromatic carbocycles. The van der Waals surface area contributed by atoms with Gasteiger partial charge < -0.3 is 10.6 Å². The lowest BCUT2D eigenvalue weighted by Gasteiger charge is -2.38. The first kappa shape index (κ1) is 16.5. The third-order valence-electron chi connectivity index (χ3n) is 5.17. The van der Waals surface area contributed by atoms with Crippen molar-refractivity contribution in [2.75, 3.05) is 19.6 Å². The molecule has 1 aromatic rings. The number of nitrogens with two attached hydrogens (primary N) is 1. The molecule has 3 rings (SSSR count). The molecule has 1 aromatic heterocycles. The zero-order chi connectivity index (χ0) is 16.4. The van der Waals surface area contributed by atoms with Crippen molar-refractivity contribution >= 4 is 23.2 Å². The molecule has 1 atom stereocenters. The second-order valence-corrected chi connectivity index (χ2v) is 7.37. The lowest BCUT2D eigenvalue weighted by molar-refractivity contribution is -0.123. The maximum atomic E-state index is 12.7. The Morgan fingerprint density at radius 2 is 2.00 bits per heavy atom. The van der Waals surface area contributed by atoms with E-state index in [9.17, 15) is 9.59 Å². The Balaban J connectivity index is 1.60. The van der Waals surface area contributed by atoms with Crippen LogP contribution in [0, 0.1) is 0 Å². The second-order valence-electron chi connectivity index (χ2n) is 6.45. The van der Waals surface area contributed by atoms with E-state index in [2.05, 4.69) is 11.8 Å². The third kappa shape index (κ3) is 3.28. The molecule has 0 unspecified atom stereocenters. The van der Waals surface area contributed by atoms with Crippen molar-refractivity contribution in [2.24, 2.45) is 5.73 Å². The number of carbonyl (C=O) groups excluding carboxylic acids is 2. The maximum absolute atomic E-state index is 12.7. The van der Waals surface area contributed by atoms with Crippen LogP contribution in [0.5, 0.6) is 0 Å². The van der Waals surface area contributed by atoms with Gasteiger partial charge in [-0.3, -0.25) is 14.5 Å². The van der Waals surface area contributed by atoms with Gasteiger partial charge in [0.2, 0.25) is 5.91 Å². The molecule has 0 spiro atoms. The number of aryl methyl sites for hydroxylation is 1. The van der Waals surface area contributed by atoms with Crippen molar-refractivity contribution in [2.45, 2.75) is 51.1 Å². The van der Waals surface area contributed by atoms with E-state index in [0.29, 0.717) is 6.04 Å². The zero-order valence-electron chi connectivity index (χ0n) is 13.7. The predicted molar refractivity (Wildman–Crippen MR) is 91.5 cm³/mol. The summed E-state index contributed by atoms with van der Waals surface area (Å²) in [6.07, 6.45) is 4.69. The molecule has 5 nitrogen and oxygen atoms in total. The van der Waals surface area contributed by atoms with Gasteiger partial charge in [0.1, 0.15) is 0 Å². The van der Waals surface area contributed by atoms with Gasteiger partial charge in [0.05, 0.1) is 10.9 Å². The number of amides is 2. The Labute approximate surface area is 141 Å². The summed E-state index contributed by atoms with van der Waals surface area (Å²) >= 11 is 1.54. The number of hydrogen-bond donors (Lipinski definition) is 1. The normalized spacial score (nSPS) is 23.3. The van der Waals surface area contributed by atoms with Crippen LogP contribution in [0.25, 0.3) is 0 Å². The number of primary amides is 1. The standard InChI is InChI=1S/C17H25N3O2S/c1-2-12-7-11-23-15(12)17(22)19-9-5-13(6-10-19)20-8-3-4-14(20)16(18)21/h7,11,13-14H,2-6,8-10H2,1H3,(H2,18,21)/t14-/m1/s1. The van der Waals surface area contributed by atoms with E-state index in [-0.39, 0.29) is 17.9 Å². The molecule has 3 heterocycles. The third-order valence-corrected chi connectivity index (χ3v) is 6.11. The van der Waals surface area contributed by atoms with Gasteiger partial charge in [0.25, 0.3) is 5.91 Å². The Bertz CT molecular complexity index is 578. The van der Waals surface area contributed by atoms with Crippen LogP contribution in [-0.4, -0.2) is 53.3 Å². The van der Waals surface area contributed by atoms with E-state index in [1.165, 1.54) is 0 Å². The lowest BCUT2D eigenvalue weighted by atomic mass is 10.0. The summed E-state index contributed by atoms with van der Waals surface area (Å²) in [5.74, 6) is -0.0321. The molecule has 0 aliphatic carbocycles. The minimum atomic E-state index is -0.202. The van der Waals surface area contributed by atoms with Gasteiger partial charge in [-0.25, -0.2) is 0 Å². The topological polar surface area (TPSA) is 66.6 Å². The van der Waals surface area contributed by atoms with Crippen LogP contribution >= 0.6 is 11.3 Å². The summed E-state index contributed by atoms with van der Waals surface area (Å²) in [5.41, 5.74) is 6.67. The van der Waals surface area contributed by atoms with Crippen LogP contribution in [0.15, 0.2) is 11.4 Å². The van der Waals surface area contributed by atoms with E-state index in [0.717, 1.165) is 62.2 Å². The molecule has 0 saturated carbocycles. The zero-order valence-corrected chi connectivity index (χ0v) is 14.5. The molecule has 23 heavy (non-hydrogen) atoms. The van der Waals surface area contributed by atoms with Crippen LogP contribution in [0.3, 0.4) is 0 Å². The molecule has 6 heteroatoms. The fourth-order valence-electron chi connectivity index (χ4n) is 3.88. The van der Waals surface area contributed by atoms with Gasteiger partial charge in [-0.2, -0.15) is 0 Å². The van der Waals surface area contributed by atoms with Crippen molar-refractivity contribution in [3.05, 3.63) is 21.9 Å². The molecule has 2 fully saturated rings. The predicted octanol–water partition coefficient (Wildman–Crippen LogP) is 1.86. The fraction of sp³-hybridized carbons (Fsp3) is 0.647. The average Bonchev–Trinajstić information content (AvgIpc) is 3.23. The first-order valence-corrected chi connectivity index (χ1v) is 9.40. The van der Waals surface area contributed by atoms with Crippen molar-refractivity contribution in [3.8, 4) is 0 Å². The number of hydrogen-bond acceptors (Lipinski definition) is 4. The maximum Gasteiger partial charge on any atom is 0.264 e. The average molecular weight is 335 g/mol. The van der Waals surface area contributed by atoms with Crippen LogP contribution in [-0.2, 0) is 11.2 Å². The summed E-state index contributed by atoms with van der Waals surface area (Å²) in [6.45, 7) is 4.58. The summed E-state index contributed by atoms with van der Waals surface area (Å²) in [4.78, 5) is 29.4. The van der Waals surface area contributed by atoms with Crippen LogP contribution in [0.1, 0.15) is 47.8 Å². The summed E-state index contributed by atoms with van der Waals surface area (Å²) in [7, 11) is 0. The molecule has 126 valence electrons. The van der Waals surface area contributed by atoms with Crippen molar-refractivity contribution in [1.29, 1.82) is 0 Å². The number of piperidine rings is 1. The quantitative estimate of drug-likeness (QED) is 0.913. The molecule has 0 radical (unpaired) electrons. The monoisotopic (exact) mass is 335 g/mol. The van der Waals surface area contributed by atoms with Gasteiger partial charge >= 0.3 is 0 Å².